The van der Waals surface area contributed by atoms with E-state index in [4.69, 9.17) is 0 Å². The molecular formula is C16H23N3O. The first-order chi connectivity index (χ1) is 9.69. The van der Waals surface area contributed by atoms with E-state index in [1.807, 2.05) is 11.0 Å². The van der Waals surface area contributed by atoms with Gasteiger partial charge in [-0.05, 0) is 36.7 Å². The molecule has 1 atom stereocenters. The largest absolute Gasteiger partial charge is 0.336 e. The third-order valence-electron chi connectivity index (χ3n) is 4.54. The van der Waals surface area contributed by atoms with Crippen LogP contribution in [-0.2, 0) is 13.1 Å². The van der Waals surface area contributed by atoms with Crippen LogP contribution in [0, 0.1) is 0 Å². The number of carbonyl (C=O) groups excluding carboxylic acids is 1. The second kappa shape index (κ2) is 5.54. The summed E-state index contributed by atoms with van der Waals surface area (Å²) >= 11 is 0. The van der Waals surface area contributed by atoms with Gasteiger partial charge in [-0.3, -0.25) is 9.69 Å². The summed E-state index contributed by atoms with van der Waals surface area (Å²) < 4.78 is 0. The maximum absolute atomic E-state index is 12.6. The predicted octanol–water partition coefficient (Wildman–Crippen LogP) is 1.46. The SMILES string of the molecule is CCN1CCN(C(=O)c2ccc3c(c2)CNC3)CC1C. The number of piperazine rings is 1. The van der Waals surface area contributed by atoms with Gasteiger partial charge in [0, 0.05) is 44.3 Å². The maximum atomic E-state index is 12.6. The first kappa shape index (κ1) is 13.6. The fourth-order valence-corrected chi connectivity index (χ4v) is 3.26. The molecule has 4 nitrogen and oxygen atoms in total. The molecule has 2 aliphatic rings. The summed E-state index contributed by atoms with van der Waals surface area (Å²) in [6.07, 6.45) is 0. The van der Waals surface area contributed by atoms with Crippen LogP contribution in [0.5, 0.6) is 0 Å². The van der Waals surface area contributed by atoms with Gasteiger partial charge in [0.2, 0.25) is 0 Å². The minimum absolute atomic E-state index is 0.183. The standard InChI is InChI=1S/C16H23N3O/c1-3-18-6-7-19(11-12(18)2)16(20)13-4-5-14-9-17-10-15(14)8-13/h4-5,8,12,17H,3,6-7,9-11H2,1-2H3. The van der Waals surface area contributed by atoms with Crippen molar-refractivity contribution in [3.8, 4) is 0 Å². The number of carbonyl (C=O) groups is 1. The molecule has 108 valence electrons. The van der Waals surface area contributed by atoms with E-state index in [0.717, 1.165) is 44.8 Å². The molecule has 0 bridgehead atoms. The fourth-order valence-electron chi connectivity index (χ4n) is 3.26. The number of rotatable bonds is 2. The van der Waals surface area contributed by atoms with Crippen molar-refractivity contribution in [1.82, 2.24) is 15.1 Å². The van der Waals surface area contributed by atoms with Gasteiger partial charge in [-0.1, -0.05) is 13.0 Å². The van der Waals surface area contributed by atoms with Gasteiger partial charge >= 0.3 is 0 Å². The average molecular weight is 273 g/mol. The Balaban J connectivity index is 1.73. The van der Waals surface area contributed by atoms with E-state index in [9.17, 15) is 4.79 Å². The first-order valence-corrected chi connectivity index (χ1v) is 7.55. The molecule has 0 saturated carbocycles. The number of nitrogens with one attached hydrogen (secondary N) is 1. The van der Waals surface area contributed by atoms with Gasteiger partial charge in [-0.2, -0.15) is 0 Å². The van der Waals surface area contributed by atoms with Crippen molar-refractivity contribution in [2.75, 3.05) is 26.2 Å². The fraction of sp³-hybridized carbons (Fsp3) is 0.562. The Hall–Kier alpha value is -1.39. The van der Waals surface area contributed by atoms with Crippen molar-refractivity contribution in [3.05, 3.63) is 34.9 Å². The van der Waals surface area contributed by atoms with Crippen LogP contribution in [0.3, 0.4) is 0 Å². The van der Waals surface area contributed by atoms with Crippen LogP contribution in [0.1, 0.15) is 35.3 Å². The topological polar surface area (TPSA) is 35.6 Å². The van der Waals surface area contributed by atoms with E-state index in [1.54, 1.807) is 0 Å². The molecular weight excluding hydrogens is 250 g/mol. The molecule has 0 aliphatic carbocycles. The Bertz CT molecular complexity index is 514. The second-order valence-electron chi connectivity index (χ2n) is 5.82. The van der Waals surface area contributed by atoms with Crippen molar-refractivity contribution in [2.24, 2.45) is 0 Å². The van der Waals surface area contributed by atoms with E-state index in [2.05, 4.69) is 36.2 Å². The number of amides is 1. The second-order valence-corrected chi connectivity index (χ2v) is 5.82. The molecule has 0 aromatic heterocycles. The zero-order chi connectivity index (χ0) is 14.1. The van der Waals surface area contributed by atoms with E-state index in [1.165, 1.54) is 11.1 Å². The lowest BCUT2D eigenvalue weighted by molar-refractivity contribution is 0.0528. The lowest BCUT2D eigenvalue weighted by Crippen LogP contribution is -2.53. The highest BCUT2D eigenvalue weighted by molar-refractivity contribution is 5.94. The Morgan fingerprint density at radius 3 is 2.85 bits per heavy atom. The number of likely N-dealkylation sites (N-methyl/N-ethyl adjacent to an activating group) is 1. The predicted molar refractivity (Wildman–Crippen MR) is 79.6 cm³/mol. The monoisotopic (exact) mass is 273 g/mol. The minimum atomic E-state index is 0.183. The van der Waals surface area contributed by atoms with Crippen LogP contribution >= 0.6 is 0 Å². The highest BCUT2D eigenvalue weighted by Gasteiger charge is 2.26. The molecule has 2 aliphatic heterocycles. The average Bonchev–Trinajstić information content (AvgIpc) is 2.93. The maximum Gasteiger partial charge on any atom is 0.253 e. The summed E-state index contributed by atoms with van der Waals surface area (Å²) in [5.74, 6) is 0.183. The molecule has 4 heteroatoms. The molecule has 20 heavy (non-hydrogen) atoms. The number of hydrogen-bond acceptors (Lipinski definition) is 3. The third-order valence-corrected chi connectivity index (χ3v) is 4.54. The van der Waals surface area contributed by atoms with Gasteiger partial charge in [0.25, 0.3) is 5.91 Å². The smallest absolute Gasteiger partial charge is 0.253 e. The van der Waals surface area contributed by atoms with Gasteiger partial charge in [-0.15, -0.1) is 0 Å². The summed E-state index contributed by atoms with van der Waals surface area (Å²) in [5.41, 5.74) is 3.44. The Morgan fingerprint density at radius 1 is 1.30 bits per heavy atom. The Kier molecular flexibility index (Phi) is 3.76. The van der Waals surface area contributed by atoms with E-state index in [0.29, 0.717) is 6.04 Å². The van der Waals surface area contributed by atoms with E-state index < -0.39 is 0 Å². The van der Waals surface area contributed by atoms with Crippen molar-refractivity contribution in [1.29, 1.82) is 0 Å². The van der Waals surface area contributed by atoms with Gasteiger partial charge in [0.05, 0.1) is 0 Å². The molecule has 1 aromatic rings. The van der Waals surface area contributed by atoms with Gasteiger partial charge in [-0.25, -0.2) is 0 Å². The summed E-state index contributed by atoms with van der Waals surface area (Å²) in [7, 11) is 0. The third kappa shape index (κ3) is 2.45. The molecule has 1 unspecified atom stereocenters. The highest BCUT2D eigenvalue weighted by Crippen LogP contribution is 2.19. The number of fused-ring (bicyclic) bond motifs is 1. The van der Waals surface area contributed by atoms with Crippen molar-refractivity contribution >= 4 is 5.91 Å². The molecule has 0 radical (unpaired) electrons. The molecule has 1 aromatic carbocycles. The normalized spacial score (nSPS) is 22.9. The summed E-state index contributed by atoms with van der Waals surface area (Å²) in [5, 5.41) is 3.32. The quantitative estimate of drug-likeness (QED) is 0.886. The number of benzene rings is 1. The van der Waals surface area contributed by atoms with Crippen molar-refractivity contribution < 1.29 is 4.79 Å². The molecule has 1 saturated heterocycles. The molecule has 1 amide bonds. The highest BCUT2D eigenvalue weighted by atomic mass is 16.2. The Morgan fingerprint density at radius 2 is 2.10 bits per heavy atom. The van der Waals surface area contributed by atoms with Crippen molar-refractivity contribution in [2.45, 2.75) is 33.0 Å². The molecule has 1 N–H and O–H groups in total. The Labute approximate surface area is 120 Å². The van der Waals surface area contributed by atoms with Gasteiger partial charge in [0.15, 0.2) is 0 Å². The summed E-state index contributed by atoms with van der Waals surface area (Å²) in [6, 6.07) is 6.59. The van der Waals surface area contributed by atoms with Crippen molar-refractivity contribution in [3.63, 3.8) is 0 Å². The lowest BCUT2D eigenvalue weighted by Gasteiger charge is -2.39. The van der Waals surface area contributed by atoms with Crippen LogP contribution < -0.4 is 5.32 Å². The molecule has 3 rings (SSSR count). The van der Waals surface area contributed by atoms with Crippen LogP contribution in [0.2, 0.25) is 0 Å². The van der Waals surface area contributed by atoms with Gasteiger partial charge < -0.3 is 10.2 Å². The number of nitrogens with zero attached hydrogens (tertiary/aromatic N) is 2. The van der Waals surface area contributed by atoms with Crippen LogP contribution in [0.4, 0.5) is 0 Å². The van der Waals surface area contributed by atoms with Crippen LogP contribution in [-0.4, -0.2) is 47.9 Å². The summed E-state index contributed by atoms with van der Waals surface area (Å²) in [6.45, 7) is 9.92. The number of hydrogen-bond donors (Lipinski definition) is 1. The van der Waals surface area contributed by atoms with E-state index >= 15 is 0 Å². The van der Waals surface area contributed by atoms with Crippen LogP contribution in [0.25, 0.3) is 0 Å². The molecule has 0 spiro atoms. The minimum Gasteiger partial charge on any atom is -0.336 e. The first-order valence-electron chi connectivity index (χ1n) is 7.55. The van der Waals surface area contributed by atoms with Crippen LogP contribution in [0.15, 0.2) is 18.2 Å². The lowest BCUT2D eigenvalue weighted by atomic mass is 10.0. The zero-order valence-electron chi connectivity index (χ0n) is 12.4. The molecule has 2 heterocycles. The van der Waals surface area contributed by atoms with Gasteiger partial charge in [0.1, 0.15) is 0 Å². The zero-order valence-corrected chi connectivity index (χ0v) is 12.4. The molecule has 1 fully saturated rings. The summed E-state index contributed by atoms with van der Waals surface area (Å²) in [4.78, 5) is 17.1. The van der Waals surface area contributed by atoms with E-state index in [-0.39, 0.29) is 5.91 Å².